The molecule has 0 amide bonds. The van der Waals surface area contributed by atoms with Crippen LogP contribution in [0.4, 0.5) is 0 Å². The number of hydrogen-bond donors (Lipinski definition) is 0. The molecule has 0 N–H and O–H groups in total. The predicted molar refractivity (Wildman–Crippen MR) is 616 cm³/mol. The zero-order valence-electron chi connectivity index (χ0n) is 79.4. The molecule has 147 heavy (non-hydrogen) atoms. The Morgan fingerprint density at radius 1 is 0.129 bits per heavy atom. The van der Waals surface area contributed by atoms with E-state index in [-0.39, 0.29) is 0 Å². The largest absolute Gasteiger partial charge is 0.455 e. The second-order valence-electron chi connectivity index (χ2n) is 38.7. The number of para-hydroxylation sites is 13. The van der Waals surface area contributed by atoms with Gasteiger partial charge < -0.3 is 40.7 Å². The predicted octanol–water partition coefficient (Wildman–Crippen LogP) is 37.8. The van der Waals surface area contributed by atoms with E-state index >= 15 is 0 Å². The SMILES string of the molecule is c1ccc(-n2c3c4ccccc4ccc3c3ccc4c5ccccc5n(-c5ccc(-c6cccc7c6oc6ccccc67)cc5)c4c32)cc1.c1ccc(-n2c3ccccc3c3ccc4c5ccccc5n(-c5ccc(-c6cccc7c6oc6ccccc67)c6ccccc56)c4c32)cc1.c1ccc2cc(-n3c4ccccc4c4ccc5c6ccccc6n(-c6ccc(-c7cccc8c7oc7ccccc78)cc6)c5c43)ccc2c1. The fourth-order valence-corrected chi connectivity index (χ4v) is 24.6. The first-order valence-electron chi connectivity index (χ1n) is 50.3. The lowest BCUT2D eigenvalue weighted by molar-refractivity contribution is 0.669. The molecule has 0 radical (unpaired) electrons. The summed E-state index contributed by atoms with van der Waals surface area (Å²) < 4.78 is 34.2. The quantitative estimate of drug-likeness (QED) is 0.145. The molecule has 24 aromatic carbocycles. The third kappa shape index (κ3) is 12.4. The molecule has 0 aliphatic carbocycles. The summed E-state index contributed by atoms with van der Waals surface area (Å²) in [7, 11) is 0. The first-order valence-corrected chi connectivity index (χ1v) is 50.3. The number of furan rings is 3. The Kier molecular flexibility index (Phi) is 18.1. The summed E-state index contributed by atoms with van der Waals surface area (Å²) in [5.41, 5.74) is 33.5. The molecule has 9 aromatic heterocycles. The number of benzene rings is 24. The van der Waals surface area contributed by atoms with Crippen molar-refractivity contribution in [3.8, 4) is 67.5 Å². The third-order valence-corrected chi connectivity index (χ3v) is 30.9. The molecule has 0 bridgehead atoms. The van der Waals surface area contributed by atoms with Crippen molar-refractivity contribution in [1.82, 2.24) is 27.4 Å². The smallest absolute Gasteiger partial charge is 0.143 e. The fraction of sp³-hybridized carbons (Fsp3) is 0. The van der Waals surface area contributed by atoms with E-state index in [1.807, 2.05) is 30.3 Å². The summed E-state index contributed by atoms with van der Waals surface area (Å²) in [5, 5.41) is 29.1. The van der Waals surface area contributed by atoms with E-state index in [1.165, 1.54) is 163 Å². The maximum atomic E-state index is 6.53. The summed E-state index contributed by atoms with van der Waals surface area (Å²) in [6.07, 6.45) is 0. The highest BCUT2D eigenvalue weighted by Gasteiger charge is 2.29. The van der Waals surface area contributed by atoms with E-state index < -0.39 is 0 Å². The van der Waals surface area contributed by atoms with E-state index in [4.69, 9.17) is 13.3 Å². The van der Waals surface area contributed by atoms with Crippen LogP contribution in [0.5, 0.6) is 0 Å². The molecule has 0 aliphatic rings. The van der Waals surface area contributed by atoms with Gasteiger partial charge >= 0.3 is 0 Å². The first kappa shape index (κ1) is 82.0. The average Bonchev–Trinajstić information content (AvgIpc) is 1.54. The van der Waals surface area contributed by atoms with Crippen molar-refractivity contribution >= 4 is 229 Å². The lowest BCUT2D eigenvalue weighted by Gasteiger charge is -2.16. The van der Waals surface area contributed by atoms with Gasteiger partial charge in [0, 0.05) is 153 Å². The summed E-state index contributed by atoms with van der Waals surface area (Å²) in [6, 6.07) is 184. The van der Waals surface area contributed by atoms with Gasteiger partial charge in [0.2, 0.25) is 0 Å². The van der Waals surface area contributed by atoms with Gasteiger partial charge in [-0.05, 0) is 153 Å². The van der Waals surface area contributed by atoms with Crippen LogP contribution in [0.3, 0.4) is 0 Å². The summed E-state index contributed by atoms with van der Waals surface area (Å²) in [6.45, 7) is 0. The molecule has 0 atom stereocenters. The minimum Gasteiger partial charge on any atom is -0.455 e. The van der Waals surface area contributed by atoms with Gasteiger partial charge in [0.25, 0.3) is 0 Å². The van der Waals surface area contributed by atoms with Crippen LogP contribution in [0.15, 0.2) is 523 Å². The topological polar surface area (TPSA) is 69.0 Å². The van der Waals surface area contributed by atoms with Gasteiger partial charge in [0.15, 0.2) is 0 Å². The van der Waals surface area contributed by atoms with Crippen LogP contribution in [0.25, 0.3) is 296 Å². The fourth-order valence-electron chi connectivity index (χ4n) is 24.6. The number of fused-ring (bicyclic) bond motifs is 34. The second kappa shape index (κ2) is 32.4. The number of nitrogens with zero attached hydrogens (tertiary/aromatic N) is 6. The maximum absolute atomic E-state index is 6.53. The Hall–Kier alpha value is -19.7. The Bertz CT molecular complexity index is 11300. The van der Waals surface area contributed by atoms with E-state index in [9.17, 15) is 0 Å². The van der Waals surface area contributed by atoms with Crippen LogP contribution in [0.1, 0.15) is 0 Å². The molecule has 0 unspecified atom stereocenters. The Morgan fingerprint density at radius 2 is 0.415 bits per heavy atom. The monoisotopic (exact) mass is 1870 g/mol. The van der Waals surface area contributed by atoms with Crippen molar-refractivity contribution in [2.24, 2.45) is 0 Å². The van der Waals surface area contributed by atoms with Gasteiger partial charge in [0.05, 0.1) is 71.9 Å². The van der Waals surface area contributed by atoms with E-state index in [2.05, 4.69) is 507 Å². The van der Waals surface area contributed by atoms with Gasteiger partial charge in [-0.25, -0.2) is 0 Å². The van der Waals surface area contributed by atoms with Crippen LogP contribution in [-0.2, 0) is 0 Å². The number of hydrogen-bond acceptors (Lipinski definition) is 3. The van der Waals surface area contributed by atoms with Crippen LogP contribution < -0.4 is 0 Å². The van der Waals surface area contributed by atoms with Crippen molar-refractivity contribution in [3.05, 3.63) is 510 Å². The molecule has 0 fully saturated rings. The summed E-state index contributed by atoms with van der Waals surface area (Å²) in [4.78, 5) is 0. The zero-order valence-corrected chi connectivity index (χ0v) is 79.4. The Balaban J connectivity index is 0.0000000999. The third-order valence-electron chi connectivity index (χ3n) is 30.9. The molecule has 9 heteroatoms. The minimum absolute atomic E-state index is 0.911. The molecule has 33 rings (SSSR count). The maximum Gasteiger partial charge on any atom is 0.143 e. The molecule has 9 heterocycles. The van der Waals surface area contributed by atoms with Crippen molar-refractivity contribution in [2.75, 3.05) is 0 Å². The molecule has 9 nitrogen and oxygen atoms in total. The van der Waals surface area contributed by atoms with Crippen LogP contribution in [-0.4, -0.2) is 27.4 Å². The Labute approximate surface area is 840 Å². The molecular weight excluding hydrogens is 1790 g/mol. The molecule has 684 valence electrons. The average molecular weight is 1870 g/mol. The van der Waals surface area contributed by atoms with Gasteiger partial charge in [-0.3, -0.25) is 0 Å². The van der Waals surface area contributed by atoms with Gasteiger partial charge in [-0.1, -0.05) is 394 Å². The highest BCUT2D eigenvalue weighted by molar-refractivity contribution is 6.30. The van der Waals surface area contributed by atoms with Crippen LogP contribution in [0.2, 0.25) is 0 Å². The van der Waals surface area contributed by atoms with E-state index in [1.54, 1.807) is 0 Å². The van der Waals surface area contributed by atoms with Gasteiger partial charge in [-0.2, -0.15) is 0 Å². The Morgan fingerprint density at radius 3 is 0.864 bits per heavy atom. The van der Waals surface area contributed by atoms with Crippen molar-refractivity contribution in [3.63, 3.8) is 0 Å². The first-order chi connectivity index (χ1) is 73.0. The van der Waals surface area contributed by atoms with Crippen molar-refractivity contribution in [2.45, 2.75) is 0 Å². The van der Waals surface area contributed by atoms with Gasteiger partial charge in [0.1, 0.15) is 33.5 Å². The second-order valence-corrected chi connectivity index (χ2v) is 38.7. The van der Waals surface area contributed by atoms with E-state index in [0.29, 0.717) is 0 Å². The molecule has 0 spiro atoms. The molecule has 0 saturated heterocycles. The van der Waals surface area contributed by atoms with Crippen molar-refractivity contribution < 1.29 is 13.3 Å². The van der Waals surface area contributed by atoms with E-state index in [0.717, 1.165) is 133 Å². The molecule has 0 aliphatic heterocycles. The minimum atomic E-state index is 0.911. The number of rotatable bonds is 9. The van der Waals surface area contributed by atoms with Crippen LogP contribution >= 0.6 is 0 Å². The number of aromatic nitrogens is 6. The highest BCUT2D eigenvalue weighted by atomic mass is 16.3. The standard InChI is InChI=1S/3C46H28N2O/c1-2-11-31-28-33(25-20-29(31)10-1)48-42-18-7-4-13-36(42)39-27-26-38-35-12-3-6-17-41(35)47(44(38)45(39)48)32-23-21-30(22-24-32)34-15-9-16-40-37-14-5-8-19-43(37)49-46(34)40;1-2-13-29(14-3-1)47-40-22-9-6-17-33(40)36-25-26-37-34-18-7-10-23-41(34)48(45(37)44(36)47)42-28-27-31(30-15-4-5-16-32(30)42)38-20-12-21-39-35-19-8-11-24-43(35)49-46(38)39;1-2-12-31(13-3-1)48-43-33-14-5-4-11-29(33)23-26-38(43)39-28-27-37-35-15-6-8-19-41(35)47(44(37)45(39)48)32-24-21-30(22-25-32)34-17-10-18-40-36-16-7-9-20-42(36)49-46(34)40/h3*1-28H. The normalized spacial score (nSPS) is 12.1. The summed E-state index contributed by atoms with van der Waals surface area (Å²) in [5.74, 6) is 0. The molecule has 0 saturated carbocycles. The molecular formula is C138H84N6O3. The van der Waals surface area contributed by atoms with Crippen molar-refractivity contribution in [1.29, 1.82) is 0 Å². The molecule has 33 aromatic rings. The lowest BCUT2D eigenvalue weighted by Crippen LogP contribution is -1.99. The van der Waals surface area contributed by atoms with Crippen LogP contribution in [0, 0.1) is 0 Å². The van der Waals surface area contributed by atoms with Gasteiger partial charge in [-0.15, -0.1) is 0 Å². The zero-order chi connectivity index (χ0) is 96.2. The highest BCUT2D eigenvalue weighted by Crippen LogP contribution is 2.51. The lowest BCUT2D eigenvalue weighted by atomic mass is 9.95. The summed E-state index contributed by atoms with van der Waals surface area (Å²) >= 11 is 0.